The van der Waals surface area contributed by atoms with E-state index < -0.39 is 0 Å². The molecule has 0 aliphatic carbocycles. The molecular formula is C17H15Cl2N3S. The summed E-state index contributed by atoms with van der Waals surface area (Å²) in [6, 6.07) is 9.55. The first-order valence-electron chi connectivity index (χ1n) is 7.16. The van der Waals surface area contributed by atoms with Crippen LogP contribution in [0.2, 0.25) is 10.0 Å². The van der Waals surface area contributed by atoms with Crippen LogP contribution in [-0.2, 0) is 0 Å². The van der Waals surface area contributed by atoms with E-state index in [2.05, 4.69) is 28.8 Å². The molecule has 0 bridgehead atoms. The van der Waals surface area contributed by atoms with Gasteiger partial charge in [-0.1, -0.05) is 23.2 Å². The third kappa shape index (κ3) is 3.50. The molecule has 3 aromatic rings. The van der Waals surface area contributed by atoms with Gasteiger partial charge < -0.3 is 4.57 Å². The predicted molar refractivity (Wildman–Crippen MR) is 97.6 cm³/mol. The van der Waals surface area contributed by atoms with Crippen molar-refractivity contribution in [2.75, 3.05) is 0 Å². The molecule has 0 aliphatic heterocycles. The molecule has 0 aliphatic rings. The summed E-state index contributed by atoms with van der Waals surface area (Å²) in [7, 11) is 0. The zero-order valence-corrected chi connectivity index (χ0v) is 15.0. The Kier molecular flexibility index (Phi) is 4.85. The van der Waals surface area contributed by atoms with Crippen LogP contribution in [0.3, 0.4) is 0 Å². The number of hydrogen-bond acceptors (Lipinski definition) is 3. The zero-order chi connectivity index (χ0) is 16.4. The molecule has 0 spiro atoms. The minimum absolute atomic E-state index is 0.238. The number of benzene rings is 1. The minimum atomic E-state index is 0.238. The molecule has 3 rings (SSSR count). The first-order chi connectivity index (χ1) is 11.1. The van der Waals surface area contributed by atoms with E-state index in [9.17, 15) is 0 Å². The Morgan fingerprint density at radius 2 is 2.04 bits per heavy atom. The second kappa shape index (κ2) is 6.87. The Morgan fingerprint density at radius 1 is 1.22 bits per heavy atom. The lowest BCUT2D eigenvalue weighted by atomic mass is 10.1. The number of hydrogen-bond donors (Lipinski definition) is 0. The van der Waals surface area contributed by atoms with Gasteiger partial charge in [0.2, 0.25) is 0 Å². The number of thiazole rings is 1. The molecule has 0 radical (unpaired) electrons. The fraction of sp³-hybridized carbons (Fsp3) is 0.176. The Hall–Kier alpha value is -1.62. The Labute approximate surface area is 148 Å². The van der Waals surface area contributed by atoms with Gasteiger partial charge in [-0.3, -0.25) is 4.98 Å². The van der Waals surface area contributed by atoms with Gasteiger partial charge in [0.25, 0.3) is 0 Å². The second-order valence-electron chi connectivity index (χ2n) is 5.31. The van der Waals surface area contributed by atoms with Gasteiger partial charge in [-0.15, -0.1) is 11.3 Å². The van der Waals surface area contributed by atoms with Crippen molar-refractivity contribution in [3.63, 3.8) is 0 Å². The molecule has 2 heterocycles. The number of rotatable bonds is 3. The van der Waals surface area contributed by atoms with Gasteiger partial charge in [0, 0.05) is 28.2 Å². The maximum atomic E-state index is 6.37. The lowest BCUT2D eigenvalue weighted by molar-refractivity contribution is 0.591. The van der Waals surface area contributed by atoms with E-state index in [1.807, 2.05) is 24.3 Å². The molecule has 0 atom stereocenters. The molecule has 3 nitrogen and oxygen atoms in total. The molecule has 1 aromatic carbocycles. The van der Waals surface area contributed by atoms with E-state index in [1.165, 1.54) is 0 Å². The number of nitrogens with zero attached hydrogens (tertiary/aromatic N) is 3. The first-order valence-corrected chi connectivity index (χ1v) is 8.80. The largest absolute Gasteiger partial charge is 0.314 e. The third-order valence-corrected chi connectivity index (χ3v) is 4.74. The summed E-state index contributed by atoms with van der Waals surface area (Å²) < 4.78 is 2.16. The molecular weight excluding hydrogens is 349 g/mol. The second-order valence-corrected chi connectivity index (χ2v) is 6.99. The van der Waals surface area contributed by atoms with Crippen molar-refractivity contribution in [2.45, 2.75) is 19.9 Å². The lowest BCUT2D eigenvalue weighted by Gasteiger charge is -2.14. The standard InChI is InChI=1S/C17H15Cl2N3S/c1-11(2)22-16(14-8-12(18)5-6-15(14)19)10-23-17(22)21-13-4-3-7-20-9-13/h3-11H,1-2H3. The van der Waals surface area contributed by atoms with Gasteiger partial charge in [0.05, 0.1) is 22.6 Å². The fourth-order valence-corrected chi connectivity index (χ4v) is 3.75. The van der Waals surface area contributed by atoms with E-state index in [-0.39, 0.29) is 6.04 Å². The topological polar surface area (TPSA) is 30.2 Å². The van der Waals surface area contributed by atoms with Crippen LogP contribution in [-0.4, -0.2) is 9.55 Å². The molecule has 0 fully saturated rings. The van der Waals surface area contributed by atoms with E-state index in [4.69, 9.17) is 28.2 Å². The van der Waals surface area contributed by atoms with Crippen molar-refractivity contribution in [1.29, 1.82) is 0 Å². The smallest absolute Gasteiger partial charge is 0.190 e. The van der Waals surface area contributed by atoms with Crippen molar-refractivity contribution in [3.8, 4) is 11.3 Å². The van der Waals surface area contributed by atoms with Crippen molar-refractivity contribution in [2.24, 2.45) is 4.99 Å². The summed E-state index contributed by atoms with van der Waals surface area (Å²) in [5, 5.41) is 3.40. The van der Waals surface area contributed by atoms with Crippen LogP contribution in [0.5, 0.6) is 0 Å². The number of pyridine rings is 1. The Balaban J connectivity index is 2.21. The van der Waals surface area contributed by atoms with Crippen LogP contribution < -0.4 is 4.80 Å². The highest BCUT2D eigenvalue weighted by atomic mass is 35.5. The average molecular weight is 364 g/mol. The maximum absolute atomic E-state index is 6.37. The summed E-state index contributed by atoms with van der Waals surface area (Å²) in [5.41, 5.74) is 2.75. The Bertz CT molecular complexity index is 882. The predicted octanol–water partition coefficient (Wildman–Crippen LogP) is 5.73. The van der Waals surface area contributed by atoms with Crippen LogP contribution in [0.4, 0.5) is 5.69 Å². The summed E-state index contributed by atoms with van der Waals surface area (Å²) in [6.45, 7) is 4.24. The lowest BCUT2D eigenvalue weighted by Crippen LogP contribution is -2.17. The third-order valence-electron chi connectivity index (χ3n) is 3.33. The van der Waals surface area contributed by atoms with Crippen molar-refractivity contribution < 1.29 is 0 Å². The molecule has 0 saturated carbocycles. The van der Waals surface area contributed by atoms with E-state index >= 15 is 0 Å². The van der Waals surface area contributed by atoms with Crippen LogP contribution in [0.1, 0.15) is 19.9 Å². The van der Waals surface area contributed by atoms with Gasteiger partial charge in [-0.05, 0) is 44.2 Å². The summed E-state index contributed by atoms with van der Waals surface area (Å²) >= 11 is 14.1. The quantitative estimate of drug-likeness (QED) is 0.584. The molecule has 0 N–H and O–H groups in total. The number of halogens is 2. The normalized spacial score (nSPS) is 12.1. The molecule has 0 amide bonds. The molecule has 2 aromatic heterocycles. The summed E-state index contributed by atoms with van der Waals surface area (Å²) in [5.74, 6) is 0. The Morgan fingerprint density at radius 3 is 2.74 bits per heavy atom. The zero-order valence-electron chi connectivity index (χ0n) is 12.7. The summed E-state index contributed by atoms with van der Waals surface area (Å²) in [4.78, 5) is 9.71. The van der Waals surface area contributed by atoms with Crippen LogP contribution in [0.15, 0.2) is 53.1 Å². The molecule has 0 unspecified atom stereocenters. The van der Waals surface area contributed by atoms with Crippen molar-refractivity contribution >= 4 is 40.2 Å². The van der Waals surface area contributed by atoms with Gasteiger partial charge in [-0.25, -0.2) is 4.99 Å². The minimum Gasteiger partial charge on any atom is -0.314 e. The highest BCUT2D eigenvalue weighted by Gasteiger charge is 2.14. The van der Waals surface area contributed by atoms with Gasteiger partial charge in [0.15, 0.2) is 4.80 Å². The van der Waals surface area contributed by atoms with Crippen molar-refractivity contribution in [1.82, 2.24) is 9.55 Å². The summed E-state index contributed by atoms with van der Waals surface area (Å²) in [6.07, 6.45) is 3.48. The number of aromatic nitrogens is 2. The highest BCUT2D eigenvalue weighted by molar-refractivity contribution is 7.07. The first kappa shape index (κ1) is 16.2. The van der Waals surface area contributed by atoms with Gasteiger partial charge >= 0.3 is 0 Å². The molecule has 118 valence electrons. The highest BCUT2D eigenvalue weighted by Crippen LogP contribution is 2.32. The molecule has 6 heteroatoms. The van der Waals surface area contributed by atoms with Gasteiger partial charge in [-0.2, -0.15) is 0 Å². The monoisotopic (exact) mass is 363 g/mol. The van der Waals surface area contributed by atoms with Gasteiger partial charge in [0.1, 0.15) is 0 Å². The van der Waals surface area contributed by atoms with Crippen LogP contribution in [0, 0.1) is 0 Å². The fourth-order valence-electron chi connectivity index (χ4n) is 2.32. The van der Waals surface area contributed by atoms with Crippen LogP contribution in [0.25, 0.3) is 11.3 Å². The SMILES string of the molecule is CC(C)n1c(-c2cc(Cl)ccc2Cl)csc1=Nc1cccnc1. The average Bonchev–Trinajstić information content (AvgIpc) is 2.94. The van der Waals surface area contributed by atoms with E-state index in [1.54, 1.807) is 29.8 Å². The molecule has 0 saturated heterocycles. The van der Waals surface area contributed by atoms with Crippen LogP contribution >= 0.6 is 34.5 Å². The van der Waals surface area contributed by atoms with E-state index in [0.717, 1.165) is 21.7 Å². The maximum Gasteiger partial charge on any atom is 0.190 e. The molecule has 23 heavy (non-hydrogen) atoms. The van der Waals surface area contributed by atoms with Crippen molar-refractivity contribution in [3.05, 3.63) is 63.0 Å². The van der Waals surface area contributed by atoms with E-state index in [0.29, 0.717) is 10.0 Å².